The number of carbonyl (C=O) groups is 1. The summed E-state index contributed by atoms with van der Waals surface area (Å²) in [7, 11) is 0. The molecule has 0 atom stereocenters. The zero-order valence-corrected chi connectivity index (χ0v) is 10.8. The van der Waals surface area contributed by atoms with Crippen LogP contribution in [0.5, 0.6) is 0 Å². The van der Waals surface area contributed by atoms with Crippen LogP contribution in [0.3, 0.4) is 0 Å². The van der Waals surface area contributed by atoms with E-state index in [1.165, 1.54) is 0 Å². The Bertz CT molecular complexity index is 516. The van der Waals surface area contributed by atoms with Gasteiger partial charge in [-0.15, -0.1) is 0 Å². The number of hydrogen-bond donors (Lipinski definition) is 0. The first-order chi connectivity index (χ1) is 7.76. The van der Waals surface area contributed by atoms with Gasteiger partial charge in [-0.3, -0.25) is 4.79 Å². The average molecular weight is 280 g/mol. The van der Waals surface area contributed by atoms with E-state index >= 15 is 0 Å². The van der Waals surface area contributed by atoms with Crippen LogP contribution in [0.25, 0.3) is 10.9 Å². The zero-order chi connectivity index (χ0) is 11.5. The van der Waals surface area contributed by atoms with E-state index in [2.05, 4.69) is 33.5 Å². The lowest BCUT2D eigenvalue weighted by Crippen LogP contribution is -1.94. The first kappa shape index (κ1) is 11.4. The predicted octanol–water partition coefficient (Wildman–Crippen LogP) is 4.02. The Morgan fingerprint density at radius 3 is 2.94 bits per heavy atom. The Morgan fingerprint density at radius 1 is 1.44 bits per heavy atom. The fraction of sp³-hybridized carbons (Fsp3) is 0.308. The first-order valence-corrected chi connectivity index (χ1v) is 6.29. The molecule has 2 nitrogen and oxygen atoms in total. The maximum absolute atomic E-state index is 11.0. The second kappa shape index (κ2) is 4.83. The molecule has 1 aromatic heterocycles. The van der Waals surface area contributed by atoms with Gasteiger partial charge in [0.15, 0.2) is 6.29 Å². The standard InChI is InChI=1S/C13H14BrNO/c1-2-3-6-15-8-10(9-16)12-7-11(14)4-5-13(12)15/h4-5,7-9H,2-3,6H2,1H3. The highest BCUT2D eigenvalue weighted by atomic mass is 79.9. The van der Waals surface area contributed by atoms with Crippen molar-refractivity contribution in [3.63, 3.8) is 0 Å². The largest absolute Gasteiger partial charge is 0.347 e. The maximum Gasteiger partial charge on any atom is 0.152 e. The molecular weight excluding hydrogens is 266 g/mol. The molecule has 2 rings (SSSR count). The monoisotopic (exact) mass is 279 g/mol. The van der Waals surface area contributed by atoms with Crippen molar-refractivity contribution in [1.82, 2.24) is 4.57 Å². The maximum atomic E-state index is 11.0. The number of unbranched alkanes of at least 4 members (excludes halogenated alkanes) is 1. The van der Waals surface area contributed by atoms with Gasteiger partial charge in [-0.25, -0.2) is 0 Å². The lowest BCUT2D eigenvalue weighted by atomic mass is 10.2. The Hall–Kier alpha value is -1.09. The van der Waals surface area contributed by atoms with Gasteiger partial charge in [-0.1, -0.05) is 29.3 Å². The number of fused-ring (bicyclic) bond motifs is 1. The number of aromatic nitrogens is 1. The van der Waals surface area contributed by atoms with Gasteiger partial charge >= 0.3 is 0 Å². The highest BCUT2D eigenvalue weighted by Crippen LogP contribution is 2.24. The van der Waals surface area contributed by atoms with Gasteiger partial charge in [0.25, 0.3) is 0 Å². The number of halogens is 1. The van der Waals surface area contributed by atoms with Crippen molar-refractivity contribution >= 4 is 33.1 Å². The van der Waals surface area contributed by atoms with E-state index in [9.17, 15) is 4.79 Å². The summed E-state index contributed by atoms with van der Waals surface area (Å²) in [4.78, 5) is 11.0. The van der Waals surface area contributed by atoms with Crippen molar-refractivity contribution in [2.45, 2.75) is 26.3 Å². The van der Waals surface area contributed by atoms with Gasteiger partial charge in [0, 0.05) is 33.7 Å². The number of aldehydes is 1. The summed E-state index contributed by atoms with van der Waals surface area (Å²) in [6, 6.07) is 6.07. The van der Waals surface area contributed by atoms with Gasteiger partial charge in [0.1, 0.15) is 0 Å². The van der Waals surface area contributed by atoms with Crippen LogP contribution in [-0.4, -0.2) is 10.9 Å². The number of hydrogen-bond acceptors (Lipinski definition) is 1. The Morgan fingerprint density at radius 2 is 2.25 bits per heavy atom. The van der Waals surface area contributed by atoms with E-state index in [0.717, 1.165) is 46.6 Å². The molecule has 0 aliphatic rings. The van der Waals surface area contributed by atoms with Crippen molar-refractivity contribution in [1.29, 1.82) is 0 Å². The molecule has 0 fully saturated rings. The van der Waals surface area contributed by atoms with Gasteiger partial charge in [-0.2, -0.15) is 0 Å². The summed E-state index contributed by atoms with van der Waals surface area (Å²) >= 11 is 3.43. The minimum Gasteiger partial charge on any atom is -0.347 e. The second-order valence-corrected chi connectivity index (χ2v) is 4.83. The normalized spacial score (nSPS) is 10.9. The summed E-state index contributed by atoms with van der Waals surface area (Å²) in [6.45, 7) is 3.14. The number of nitrogens with zero attached hydrogens (tertiary/aromatic N) is 1. The van der Waals surface area contributed by atoms with Crippen LogP contribution in [0, 0.1) is 0 Å². The summed E-state index contributed by atoms with van der Waals surface area (Å²) in [5.41, 5.74) is 1.91. The van der Waals surface area contributed by atoms with Gasteiger partial charge in [-0.05, 0) is 24.6 Å². The molecule has 0 spiro atoms. The molecule has 0 aliphatic heterocycles. The van der Waals surface area contributed by atoms with E-state index in [1.54, 1.807) is 0 Å². The number of aryl methyl sites for hydroxylation is 1. The topological polar surface area (TPSA) is 22.0 Å². The molecular formula is C13H14BrNO. The fourth-order valence-corrected chi connectivity index (χ4v) is 2.27. The molecule has 0 bridgehead atoms. The van der Waals surface area contributed by atoms with E-state index in [-0.39, 0.29) is 0 Å². The van der Waals surface area contributed by atoms with Crippen molar-refractivity contribution in [2.24, 2.45) is 0 Å². The molecule has 0 saturated heterocycles. The first-order valence-electron chi connectivity index (χ1n) is 5.50. The van der Waals surface area contributed by atoms with E-state index in [0.29, 0.717) is 0 Å². The summed E-state index contributed by atoms with van der Waals surface area (Å²) in [5.74, 6) is 0. The van der Waals surface area contributed by atoms with Crippen LogP contribution in [0.15, 0.2) is 28.9 Å². The smallest absolute Gasteiger partial charge is 0.152 e. The quantitative estimate of drug-likeness (QED) is 0.775. The summed E-state index contributed by atoms with van der Waals surface area (Å²) < 4.78 is 3.17. The van der Waals surface area contributed by atoms with Crippen LogP contribution >= 0.6 is 15.9 Å². The molecule has 0 N–H and O–H groups in total. The van der Waals surface area contributed by atoms with Gasteiger partial charge in [0.2, 0.25) is 0 Å². The zero-order valence-electron chi connectivity index (χ0n) is 9.24. The highest BCUT2D eigenvalue weighted by molar-refractivity contribution is 9.10. The van der Waals surface area contributed by atoms with Crippen LogP contribution in [0.1, 0.15) is 30.1 Å². The minimum absolute atomic E-state index is 0.771. The highest BCUT2D eigenvalue weighted by Gasteiger charge is 2.07. The van der Waals surface area contributed by atoms with Crippen LogP contribution in [0.4, 0.5) is 0 Å². The second-order valence-electron chi connectivity index (χ2n) is 3.91. The molecule has 2 aromatic rings. The number of benzene rings is 1. The van der Waals surface area contributed by atoms with E-state index in [4.69, 9.17) is 0 Å². The summed E-state index contributed by atoms with van der Waals surface area (Å²) in [5, 5.41) is 1.03. The van der Waals surface area contributed by atoms with Crippen molar-refractivity contribution in [3.8, 4) is 0 Å². The molecule has 3 heteroatoms. The molecule has 84 valence electrons. The SMILES string of the molecule is CCCCn1cc(C=O)c2cc(Br)ccc21. The van der Waals surface area contributed by atoms with Crippen LogP contribution < -0.4 is 0 Å². The van der Waals surface area contributed by atoms with Crippen LogP contribution in [0.2, 0.25) is 0 Å². The third-order valence-corrected chi connectivity index (χ3v) is 3.25. The van der Waals surface area contributed by atoms with E-state index in [1.807, 2.05) is 18.3 Å². The average Bonchev–Trinajstić information content (AvgIpc) is 2.63. The minimum atomic E-state index is 0.771. The molecule has 0 unspecified atom stereocenters. The molecule has 0 saturated carbocycles. The Labute approximate surface area is 103 Å². The van der Waals surface area contributed by atoms with Gasteiger partial charge < -0.3 is 4.57 Å². The van der Waals surface area contributed by atoms with Gasteiger partial charge in [0.05, 0.1) is 0 Å². The molecule has 16 heavy (non-hydrogen) atoms. The Kier molecular flexibility index (Phi) is 3.44. The van der Waals surface area contributed by atoms with Crippen molar-refractivity contribution in [2.75, 3.05) is 0 Å². The van der Waals surface area contributed by atoms with E-state index < -0.39 is 0 Å². The molecule has 1 heterocycles. The molecule has 0 amide bonds. The number of carbonyl (C=O) groups excluding carboxylic acids is 1. The fourth-order valence-electron chi connectivity index (χ4n) is 1.90. The summed E-state index contributed by atoms with van der Waals surface area (Å²) in [6.07, 6.45) is 5.17. The molecule has 0 radical (unpaired) electrons. The molecule has 0 aliphatic carbocycles. The third kappa shape index (κ3) is 2.05. The molecule has 1 aromatic carbocycles. The van der Waals surface area contributed by atoms with Crippen molar-refractivity contribution < 1.29 is 4.79 Å². The Balaban J connectivity index is 2.54. The van der Waals surface area contributed by atoms with Crippen LogP contribution in [-0.2, 0) is 6.54 Å². The third-order valence-electron chi connectivity index (χ3n) is 2.75. The lowest BCUT2D eigenvalue weighted by Gasteiger charge is -2.03. The number of rotatable bonds is 4. The lowest BCUT2D eigenvalue weighted by molar-refractivity contribution is 0.112. The van der Waals surface area contributed by atoms with Crippen molar-refractivity contribution in [3.05, 3.63) is 34.4 Å². The predicted molar refractivity (Wildman–Crippen MR) is 69.9 cm³/mol.